The molecule has 22 heavy (non-hydrogen) atoms. The van der Waals surface area contributed by atoms with Gasteiger partial charge in [0.15, 0.2) is 0 Å². The normalized spacial score (nSPS) is 21.4. The minimum Gasteiger partial charge on any atom is -0.497 e. The number of hydrogen-bond donors (Lipinski definition) is 1. The van der Waals surface area contributed by atoms with Crippen molar-refractivity contribution in [1.29, 1.82) is 0 Å². The monoisotopic (exact) mass is 303 g/mol. The number of carbonyl (C=O) groups is 1. The highest BCUT2D eigenvalue weighted by atomic mass is 16.5. The fourth-order valence-corrected chi connectivity index (χ4v) is 3.32. The molecule has 1 fully saturated rings. The molecule has 122 valence electrons. The van der Waals surface area contributed by atoms with Crippen LogP contribution in [0.3, 0.4) is 0 Å². The van der Waals surface area contributed by atoms with Crippen molar-refractivity contribution in [2.75, 3.05) is 7.11 Å². The van der Waals surface area contributed by atoms with Gasteiger partial charge in [0.2, 0.25) is 5.91 Å². The molecule has 2 atom stereocenters. The van der Waals surface area contributed by atoms with Crippen LogP contribution in [0.25, 0.3) is 0 Å². The van der Waals surface area contributed by atoms with E-state index in [1.165, 1.54) is 30.4 Å². The van der Waals surface area contributed by atoms with Crippen LogP contribution in [-0.2, 0) is 11.2 Å². The molecule has 1 saturated carbocycles. The molecule has 1 aromatic rings. The smallest absolute Gasteiger partial charge is 0.220 e. The average molecular weight is 303 g/mol. The van der Waals surface area contributed by atoms with Gasteiger partial charge in [-0.1, -0.05) is 25.8 Å². The quantitative estimate of drug-likeness (QED) is 0.862. The Labute approximate surface area is 134 Å². The van der Waals surface area contributed by atoms with Gasteiger partial charge in [-0.2, -0.15) is 0 Å². The summed E-state index contributed by atoms with van der Waals surface area (Å²) >= 11 is 0. The van der Waals surface area contributed by atoms with E-state index in [4.69, 9.17) is 4.74 Å². The molecule has 1 amide bonds. The number of aryl methyl sites for hydroxylation is 2. The third kappa shape index (κ3) is 4.75. The van der Waals surface area contributed by atoms with Gasteiger partial charge in [0.05, 0.1) is 7.11 Å². The van der Waals surface area contributed by atoms with Gasteiger partial charge in [-0.05, 0) is 61.8 Å². The number of amides is 1. The van der Waals surface area contributed by atoms with Gasteiger partial charge in [0, 0.05) is 12.5 Å². The molecular formula is C19H29NO2. The molecule has 1 aromatic carbocycles. The lowest BCUT2D eigenvalue weighted by atomic mass is 9.86. The Hall–Kier alpha value is -1.51. The van der Waals surface area contributed by atoms with Crippen LogP contribution in [0, 0.1) is 12.8 Å². The lowest BCUT2D eigenvalue weighted by Crippen LogP contribution is -2.40. The highest BCUT2D eigenvalue weighted by Crippen LogP contribution is 2.24. The molecule has 0 unspecified atom stereocenters. The van der Waals surface area contributed by atoms with Gasteiger partial charge >= 0.3 is 0 Å². The first-order valence-electron chi connectivity index (χ1n) is 8.53. The summed E-state index contributed by atoms with van der Waals surface area (Å²) < 4.78 is 5.22. The summed E-state index contributed by atoms with van der Waals surface area (Å²) in [4.78, 5) is 12.1. The highest BCUT2D eigenvalue weighted by Gasteiger charge is 2.22. The number of benzene rings is 1. The van der Waals surface area contributed by atoms with Crippen molar-refractivity contribution >= 4 is 5.91 Å². The lowest BCUT2D eigenvalue weighted by Gasteiger charge is -2.29. The Kier molecular flexibility index (Phi) is 6.29. The fraction of sp³-hybridized carbons (Fsp3) is 0.632. The molecule has 3 nitrogen and oxygen atoms in total. The zero-order chi connectivity index (χ0) is 15.9. The molecule has 0 aliphatic heterocycles. The lowest BCUT2D eigenvalue weighted by molar-refractivity contribution is -0.122. The van der Waals surface area contributed by atoms with Gasteiger partial charge in [0.1, 0.15) is 5.75 Å². The van der Waals surface area contributed by atoms with E-state index in [-0.39, 0.29) is 5.91 Å². The van der Waals surface area contributed by atoms with Gasteiger partial charge in [-0.15, -0.1) is 0 Å². The molecule has 0 aromatic heterocycles. The van der Waals surface area contributed by atoms with Crippen LogP contribution in [0.5, 0.6) is 5.75 Å². The molecule has 3 heteroatoms. The fourth-order valence-electron chi connectivity index (χ4n) is 3.32. The van der Waals surface area contributed by atoms with Crippen molar-refractivity contribution in [2.45, 2.75) is 64.8 Å². The maximum absolute atomic E-state index is 12.1. The predicted octanol–water partition coefficient (Wildman–Crippen LogP) is 4.02. The molecule has 0 bridgehead atoms. The molecule has 1 aliphatic carbocycles. The zero-order valence-corrected chi connectivity index (χ0v) is 14.2. The Morgan fingerprint density at radius 2 is 2.09 bits per heavy atom. The number of nitrogens with one attached hydrogen (secondary N) is 1. The van der Waals surface area contributed by atoms with Crippen LogP contribution in [0.15, 0.2) is 18.2 Å². The second kappa shape index (κ2) is 8.21. The maximum atomic E-state index is 12.1. The van der Waals surface area contributed by atoms with E-state index in [0.717, 1.165) is 25.0 Å². The van der Waals surface area contributed by atoms with Gasteiger partial charge in [-0.3, -0.25) is 4.79 Å². The predicted molar refractivity (Wildman–Crippen MR) is 90.2 cm³/mol. The third-order valence-corrected chi connectivity index (χ3v) is 4.86. The number of rotatable bonds is 6. The maximum Gasteiger partial charge on any atom is 0.220 e. The van der Waals surface area contributed by atoms with Crippen molar-refractivity contribution in [1.82, 2.24) is 5.32 Å². The van der Waals surface area contributed by atoms with Gasteiger partial charge in [-0.25, -0.2) is 0 Å². The van der Waals surface area contributed by atoms with Crippen LogP contribution in [0.2, 0.25) is 0 Å². The van der Waals surface area contributed by atoms with E-state index in [9.17, 15) is 4.79 Å². The Balaban J connectivity index is 1.74. The first kappa shape index (κ1) is 16.9. The van der Waals surface area contributed by atoms with Crippen LogP contribution in [0.1, 0.15) is 56.6 Å². The summed E-state index contributed by atoms with van der Waals surface area (Å²) in [5.74, 6) is 1.73. The standard InChI is InChI=1S/C19H29NO2/c1-14-7-4-5-9-18(14)20-19(21)10-6-8-16-11-12-17(22-3)13-15(16)2/h11-14,18H,4-10H2,1-3H3,(H,20,21)/t14-,18-/m0/s1. The van der Waals surface area contributed by atoms with Crippen LogP contribution >= 0.6 is 0 Å². The molecule has 0 saturated heterocycles. The van der Waals surface area contributed by atoms with Crippen LogP contribution in [0.4, 0.5) is 0 Å². The Bertz CT molecular complexity index is 498. The third-order valence-electron chi connectivity index (χ3n) is 4.86. The van der Waals surface area contributed by atoms with Crippen LogP contribution in [-0.4, -0.2) is 19.1 Å². The van der Waals surface area contributed by atoms with Gasteiger partial charge < -0.3 is 10.1 Å². The summed E-state index contributed by atoms with van der Waals surface area (Å²) in [5, 5.41) is 3.23. The average Bonchev–Trinajstić information content (AvgIpc) is 2.51. The second-order valence-electron chi connectivity index (χ2n) is 6.58. The van der Waals surface area contributed by atoms with Crippen molar-refractivity contribution in [3.8, 4) is 5.75 Å². The van der Waals surface area contributed by atoms with Crippen molar-refractivity contribution in [3.63, 3.8) is 0 Å². The van der Waals surface area contributed by atoms with E-state index in [2.05, 4.69) is 31.3 Å². The molecule has 1 aliphatic rings. The van der Waals surface area contributed by atoms with Crippen molar-refractivity contribution in [3.05, 3.63) is 29.3 Å². The molecule has 2 rings (SSSR count). The van der Waals surface area contributed by atoms with E-state index >= 15 is 0 Å². The van der Waals surface area contributed by atoms with Crippen molar-refractivity contribution < 1.29 is 9.53 Å². The Morgan fingerprint density at radius 3 is 2.77 bits per heavy atom. The largest absolute Gasteiger partial charge is 0.497 e. The van der Waals surface area contributed by atoms with Crippen molar-refractivity contribution in [2.24, 2.45) is 5.92 Å². The minimum absolute atomic E-state index is 0.213. The first-order valence-corrected chi connectivity index (χ1v) is 8.53. The number of hydrogen-bond acceptors (Lipinski definition) is 2. The summed E-state index contributed by atoms with van der Waals surface area (Å²) in [7, 11) is 1.69. The molecule has 0 spiro atoms. The molecular weight excluding hydrogens is 274 g/mol. The summed E-state index contributed by atoms with van der Waals surface area (Å²) in [6.07, 6.45) is 7.42. The number of ether oxygens (including phenoxy) is 1. The SMILES string of the molecule is COc1ccc(CCCC(=O)N[C@H]2CCCC[C@@H]2C)c(C)c1. The van der Waals surface area contributed by atoms with E-state index < -0.39 is 0 Å². The minimum atomic E-state index is 0.213. The molecule has 0 heterocycles. The molecule has 0 radical (unpaired) electrons. The highest BCUT2D eigenvalue weighted by molar-refractivity contribution is 5.76. The first-order chi connectivity index (χ1) is 10.6. The van der Waals surface area contributed by atoms with Crippen LogP contribution < -0.4 is 10.1 Å². The van der Waals surface area contributed by atoms with Gasteiger partial charge in [0.25, 0.3) is 0 Å². The van der Waals surface area contributed by atoms with E-state index in [0.29, 0.717) is 18.4 Å². The zero-order valence-electron chi connectivity index (χ0n) is 14.2. The summed E-state index contributed by atoms with van der Waals surface area (Å²) in [6.45, 7) is 4.35. The summed E-state index contributed by atoms with van der Waals surface area (Å²) in [6, 6.07) is 6.55. The number of carbonyl (C=O) groups excluding carboxylic acids is 1. The molecule has 1 N–H and O–H groups in total. The topological polar surface area (TPSA) is 38.3 Å². The Morgan fingerprint density at radius 1 is 1.32 bits per heavy atom. The summed E-state index contributed by atoms with van der Waals surface area (Å²) in [5.41, 5.74) is 2.54. The van der Waals surface area contributed by atoms with E-state index in [1.54, 1.807) is 7.11 Å². The second-order valence-corrected chi connectivity index (χ2v) is 6.58. The number of methoxy groups -OCH3 is 1. The van der Waals surface area contributed by atoms with E-state index in [1.807, 2.05) is 6.07 Å².